The maximum atomic E-state index is 12.0. The molecule has 0 aliphatic carbocycles. The van der Waals surface area contributed by atoms with Crippen LogP contribution in [0.15, 0.2) is 18.2 Å². The lowest BCUT2D eigenvalue weighted by Gasteiger charge is -2.37. The number of sulfone groups is 1. The van der Waals surface area contributed by atoms with Gasteiger partial charge in [-0.2, -0.15) is 11.8 Å². The van der Waals surface area contributed by atoms with Gasteiger partial charge < -0.3 is 15.4 Å². The summed E-state index contributed by atoms with van der Waals surface area (Å²) >= 11 is 1.58. The molecule has 1 heterocycles. The molecule has 0 bridgehead atoms. The van der Waals surface area contributed by atoms with Crippen LogP contribution in [0.2, 0.25) is 0 Å². The molecule has 1 aromatic rings. The van der Waals surface area contributed by atoms with E-state index in [0.717, 1.165) is 5.75 Å². The van der Waals surface area contributed by atoms with Gasteiger partial charge in [0.1, 0.15) is 5.37 Å². The molecular formula is C13H18N2O4S2. The van der Waals surface area contributed by atoms with Crippen LogP contribution in [-0.4, -0.2) is 51.2 Å². The minimum atomic E-state index is -3.29. The molecule has 2 rings (SSSR count). The van der Waals surface area contributed by atoms with Crippen LogP contribution in [0.25, 0.3) is 0 Å². The number of para-hydroxylation sites is 1. The highest BCUT2D eigenvalue weighted by Crippen LogP contribution is 2.34. The molecule has 1 aromatic carbocycles. The van der Waals surface area contributed by atoms with Gasteiger partial charge in [-0.05, 0) is 12.1 Å². The second kappa shape index (κ2) is 6.15. The first-order valence-electron chi connectivity index (χ1n) is 6.36. The Kier molecular flexibility index (Phi) is 4.67. The maximum absolute atomic E-state index is 12.0. The number of nitrogen functional groups attached to an aromatic ring is 1. The number of thioether (sulfide) groups is 1. The van der Waals surface area contributed by atoms with E-state index >= 15 is 0 Å². The van der Waals surface area contributed by atoms with E-state index in [0.29, 0.717) is 23.7 Å². The van der Waals surface area contributed by atoms with Gasteiger partial charge in [0.2, 0.25) is 0 Å². The van der Waals surface area contributed by atoms with Crippen molar-refractivity contribution in [3.63, 3.8) is 0 Å². The van der Waals surface area contributed by atoms with E-state index < -0.39 is 21.2 Å². The number of nitrogens with zero attached hydrogens (tertiary/aromatic N) is 1. The van der Waals surface area contributed by atoms with Crippen molar-refractivity contribution in [3.05, 3.63) is 23.8 Å². The number of anilines is 2. The van der Waals surface area contributed by atoms with Crippen LogP contribution in [0.3, 0.4) is 0 Å². The van der Waals surface area contributed by atoms with E-state index in [1.54, 1.807) is 34.9 Å². The molecule has 0 radical (unpaired) electrons. The predicted molar refractivity (Wildman–Crippen MR) is 85.5 cm³/mol. The number of methoxy groups -OCH3 is 1. The third-order valence-corrected chi connectivity index (χ3v) is 5.98. The summed E-state index contributed by atoms with van der Waals surface area (Å²) in [5.74, 6) is 0.706. The van der Waals surface area contributed by atoms with Gasteiger partial charge in [0, 0.05) is 24.3 Å². The Balaban J connectivity index is 2.55. The zero-order chi connectivity index (χ0) is 15.6. The number of ether oxygens (including phenoxy) is 1. The van der Waals surface area contributed by atoms with Gasteiger partial charge in [-0.15, -0.1) is 0 Å². The van der Waals surface area contributed by atoms with Crippen molar-refractivity contribution in [2.75, 3.05) is 42.0 Å². The van der Waals surface area contributed by atoms with Gasteiger partial charge >= 0.3 is 5.97 Å². The van der Waals surface area contributed by atoms with E-state index in [2.05, 4.69) is 0 Å². The second-order valence-electron chi connectivity index (χ2n) is 4.79. The van der Waals surface area contributed by atoms with Gasteiger partial charge in [-0.3, -0.25) is 0 Å². The molecule has 2 N–H and O–H groups in total. The number of benzene rings is 1. The van der Waals surface area contributed by atoms with Crippen LogP contribution >= 0.6 is 11.8 Å². The first-order chi connectivity index (χ1) is 9.86. The Labute approximate surface area is 128 Å². The Morgan fingerprint density at radius 2 is 2.19 bits per heavy atom. The van der Waals surface area contributed by atoms with Crippen molar-refractivity contribution in [1.29, 1.82) is 0 Å². The van der Waals surface area contributed by atoms with Crippen LogP contribution < -0.4 is 10.6 Å². The third-order valence-electron chi connectivity index (χ3n) is 3.34. The number of carbonyl (C=O) groups is 1. The van der Waals surface area contributed by atoms with Gasteiger partial charge in [0.15, 0.2) is 9.84 Å². The second-order valence-corrected chi connectivity index (χ2v) is 8.14. The maximum Gasteiger partial charge on any atom is 0.340 e. The monoisotopic (exact) mass is 330 g/mol. The molecule has 1 unspecified atom stereocenters. The molecule has 6 nitrogen and oxygen atoms in total. The van der Waals surface area contributed by atoms with Crippen molar-refractivity contribution in [2.24, 2.45) is 0 Å². The molecule has 1 aliphatic rings. The number of hydrogen-bond acceptors (Lipinski definition) is 7. The fraction of sp³-hybridized carbons (Fsp3) is 0.462. The number of hydrogen-bond donors (Lipinski definition) is 1. The summed E-state index contributed by atoms with van der Waals surface area (Å²) < 4.78 is 28.8. The molecule has 8 heteroatoms. The summed E-state index contributed by atoms with van der Waals surface area (Å²) in [7, 11) is -2.00. The lowest BCUT2D eigenvalue weighted by Crippen LogP contribution is -2.47. The smallest absolute Gasteiger partial charge is 0.340 e. The topological polar surface area (TPSA) is 89.7 Å². The minimum absolute atomic E-state index is 0.290. The molecular weight excluding hydrogens is 312 g/mol. The van der Waals surface area contributed by atoms with E-state index in [4.69, 9.17) is 10.5 Å². The van der Waals surface area contributed by atoms with E-state index in [1.807, 2.05) is 0 Å². The van der Waals surface area contributed by atoms with Gasteiger partial charge in [-0.25, -0.2) is 13.2 Å². The van der Waals surface area contributed by atoms with Crippen LogP contribution in [0, 0.1) is 0 Å². The molecule has 0 amide bonds. The Morgan fingerprint density at radius 1 is 1.48 bits per heavy atom. The molecule has 0 aromatic heterocycles. The average molecular weight is 330 g/mol. The van der Waals surface area contributed by atoms with Crippen molar-refractivity contribution >= 4 is 38.9 Å². The van der Waals surface area contributed by atoms with Gasteiger partial charge in [0.25, 0.3) is 0 Å². The number of esters is 1. The molecule has 1 aliphatic heterocycles. The van der Waals surface area contributed by atoms with Crippen LogP contribution in [0.4, 0.5) is 11.4 Å². The van der Waals surface area contributed by atoms with Gasteiger partial charge in [-0.1, -0.05) is 6.07 Å². The molecule has 21 heavy (non-hydrogen) atoms. The number of nitrogens with two attached hydrogens (primary N) is 1. The fourth-order valence-electron chi connectivity index (χ4n) is 2.35. The largest absolute Gasteiger partial charge is 0.465 e. The molecule has 0 saturated carbocycles. The van der Waals surface area contributed by atoms with Crippen molar-refractivity contribution in [2.45, 2.75) is 5.37 Å². The normalized spacial score (nSPS) is 19.3. The lowest BCUT2D eigenvalue weighted by atomic mass is 10.1. The predicted octanol–water partition coefficient (Wildman–Crippen LogP) is 0.979. The van der Waals surface area contributed by atoms with Gasteiger partial charge in [0.05, 0.1) is 24.0 Å². The third kappa shape index (κ3) is 3.26. The van der Waals surface area contributed by atoms with E-state index in [-0.39, 0.29) is 5.56 Å². The van der Waals surface area contributed by atoms with Crippen LogP contribution in [-0.2, 0) is 14.6 Å². The summed E-state index contributed by atoms with van der Waals surface area (Å²) in [5.41, 5.74) is 7.11. The van der Waals surface area contributed by atoms with Crippen molar-refractivity contribution < 1.29 is 17.9 Å². The Morgan fingerprint density at radius 3 is 2.81 bits per heavy atom. The van der Waals surface area contributed by atoms with Crippen LogP contribution in [0.5, 0.6) is 0 Å². The zero-order valence-corrected chi connectivity index (χ0v) is 13.5. The summed E-state index contributed by atoms with van der Waals surface area (Å²) in [6.07, 6.45) is 1.20. The molecule has 116 valence electrons. The Hall–Kier alpha value is -1.41. The number of rotatable bonds is 3. The molecule has 1 fully saturated rings. The summed E-state index contributed by atoms with van der Waals surface area (Å²) in [4.78, 5) is 13.6. The van der Waals surface area contributed by atoms with Crippen molar-refractivity contribution in [3.8, 4) is 0 Å². The Bertz CT molecular complexity index is 646. The zero-order valence-electron chi connectivity index (χ0n) is 11.9. The first kappa shape index (κ1) is 16.0. The molecule has 0 spiro atoms. The quantitative estimate of drug-likeness (QED) is 0.652. The fourth-order valence-corrected chi connectivity index (χ4v) is 5.17. The number of carbonyl (C=O) groups excluding carboxylic acids is 1. The van der Waals surface area contributed by atoms with Crippen LogP contribution in [0.1, 0.15) is 10.4 Å². The summed E-state index contributed by atoms with van der Waals surface area (Å²) in [5, 5.41) is -0.690. The standard InChI is InChI=1S/C13H18N2O4S2/c1-19-13(16)9-4-3-5-10(14)12(9)15-6-7-20-8-11(15)21(2,17)18/h3-5,11H,6-8,14H2,1-2H3. The minimum Gasteiger partial charge on any atom is -0.465 e. The highest BCUT2D eigenvalue weighted by Gasteiger charge is 2.34. The highest BCUT2D eigenvalue weighted by atomic mass is 32.2. The van der Waals surface area contributed by atoms with E-state index in [1.165, 1.54) is 13.4 Å². The van der Waals surface area contributed by atoms with E-state index in [9.17, 15) is 13.2 Å². The summed E-state index contributed by atoms with van der Waals surface area (Å²) in [6.45, 7) is 0.514. The molecule has 1 saturated heterocycles. The highest BCUT2D eigenvalue weighted by molar-refractivity contribution is 8.01. The van der Waals surface area contributed by atoms with Crippen molar-refractivity contribution in [1.82, 2.24) is 0 Å². The summed E-state index contributed by atoms with van der Waals surface area (Å²) in [6, 6.07) is 4.90. The average Bonchev–Trinajstić information content (AvgIpc) is 2.45. The first-order valence-corrected chi connectivity index (χ1v) is 9.47. The lowest BCUT2D eigenvalue weighted by molar-refractivity contribution is 0.0601. The SMILES string of the molecule is COC(=O)c1cccc(N)c1N1CCSCC1S(C)(=O)=O. The molecule has 1 atom stereocenters.